The molecule has 0 bridgehead atoms. The Morgan fingerprint density at radius 2 is 2.33 bits per heavy atom. The average Bonchev–Trinajstić information content (AvgIpc) is 2.92. The predicted molar refractivity (Wildman–Crippen MR) is 83.3 cm³/mol. The largest absolute Gasteiger partial charge is 0.361 e. The van der Waals surface area contributed by atoms with Crippen LogP contribution in [0.3, 0.4) is 0 Å². The third-order valence-corrected chi connectivity index (χ3v) is 4.84. The number of aromatic nitrogens is 1. The second kappa shape index (κ2) is 4.74. The van der Waals surface area contributed by atoms with Crippen molar-refractivity contribution in [3.63, 3.8) is 0 Å². The van der Waals surface area contributed by atoms with Gasteiger partial charge in [0.25, 0.3) is 0 Å². The molecule has 3 N–H and O–H groups in total. The van der Waals surface area contributed by atoms with Crippen molar-refractivity contribution in [1.82, 2.24) is 15.6 Å². The Morgan fingerprint density at radius 1 is 1.43 bits per heavy atom. The van der Waals surface area contributed by atoms with Crippen molar-refractivity contribution in [1.29, 1.82) is 0 Å². The first kappa shape index (κ1) is 12.7. The summed E-state index contributed by atoms with van der Waals surface area (Å²) in [6.45, 7) is 4.35. The molecular formula is C17H19N3O. The van der Waals surface area contributed by atoms with Crippen LogP contribution in [0.2, 0.25) is 0 Å². The van der Waals surface area contributed by atoms with E-state index in [4.69, 9.17) is 0 Å². The zero-order chi connectivity index (χ0) is 14.4. The number of amides is 1. The number of hydrogen-bond acceptors (Lipinski definition) is 2. The van der Waals surface area contributed by atoms with Crippen LogP contribution in [-0.2, 0) is 11.2 Å². The minimum atomic E-state index is -0.0865. The Balaban J connectivity index is 1.68. The van der Waals surface area contributed by atoms with Gasteiger partial charge in [-0.2, -0.15) is 0 Å². The smallest absolute Gasteiger partial charge is 0.243 e. The summed E-state index contributed by atoms with van der Waals surface area (Å²) >= 11 is 0. The zero-order valence-electron chi connectivity index (χ0n) is 11.9. The van der Waals surface area contributed by atoms with Gasteiger partial charge in [0.2, 0.25) is 5.91 Å². The number of carbonyl (C=O) groups is 1. The van der Waals surface area contributed by atoms with E-state index in [0.717, 1.165) is 19.4 Å². The molecule has 0 radical (unpaired) electrons. The first-order chi connectivity index (χ1) is 10.3. The minimum Gasteiger partial charge on any atom is -0.361 e. The fourth-order valence-corrected chi connectivity index (χ4v) is 3.91. The van der Waals surface area contributed by atoms with Crippen molar-refractivity contribution < 1.29 is 4.79 Å². The summed E-state index contributed by atoms with van der Waals surface area (Å²) in [5, 5.41) is 8.02. The van der Waals surface area contributed by atoms with Gasteiger partial charge in [-0.1, -0.05) is 18.7 Å². The number of fused-ring (bicyclic) bond motifs is 2. The molecule has 2 aliphatic rings. The number of hydrogen-bond donors (Lipinski definition) is 3. The molecule has 2 heterocycles. The van der Waals surface area contributed by atoms with Gasteiger partial charge in [-0.05, 0) is 36.1 Å². The first-order valence-electron chi connectivity index (χ1n) is 7.51. The SMILES string of the molecule is C=CC(=O)NC1CN[C@@H]2Cc3c[nH]c4cccc(c34)[C@H]2C1. The molecular weight excluding hydrogens is 262 g/mol. The van der Waals surface area contributed by atoms with Crippen LogP contribution >= 0.6 is 0 Å². The topological polar surface area (TPSA) is 56.9 Å². The molecule has 21 heavy (non-hydrogen) atoms. The molecule has 3 atom stereocenters. The van der Waals surface area contributed by atoms with Gasteiger partial charge in [0.05, 0.1) is 0 Å². The number of piperidine rings is 1. The Kier molecular flexibility index (Phi) is 2.86. The van der Waals surface area contributed by atoms with Gasteiger partial charge in [0, 0.05) is 41.6 Å². The maximum atomic E-state index is 11.5. The highest BCUT2D eigenvalue weighted by Gasteiger charge is 2.36. The van der Waals surface area contributed by atoms with Crippen molar-refractivity contribution in [3.8, 4) is 0 Å². The summed E-state index contributed by atoms with van der Waals surface area (Å²) in [5.41, 5.74) is 4.03. The summed E-state index contributed by atoms with van der Waals surface area (Å²) in [5.74, 6) is 0.373. The van der Waals surface area contributed by atoms with Crippen molar-refractivity contribution in [2.45, 2.75) is 30.8 Å². The van der Waals surface area contributed by atoms with Gasteiger partial charge in [-0.25, -0.2) is 0 Å². The Bertz CT molecular complexity index is 718. The van der Waals surface area contributed by atoms with Crippen LogP contribution in [0, 0.1) is 0 Å². The van der Waals surface area contributed by atoms with Crippen molar-refractivity contribution in [3.05, 3.63) is 48.2 Å². The van der Waals surface area contributed by atoms with Gasteiger partial charge in [-0.15, -0.1) is 0 Å². The second-order valence-corrected chi connectivity index (χ2v) is 6.05. The monoisotopic (exact) mass is 281 g/mol. The lowest BCUT2D eigenvalue weighted by atomic mass is 9.75. The highest BCUT2D eigenvalue weighted by Crippen LogP contribution is 2.40. The van der Waals surface area contributed by atoms with Crippen LogP contribution in [0.15, 0.2) is 37.1 Å². The summed E-state index contributed by atoms with van der Waals surface area (Å²) in [6, 6.07) is 7.13. The number of benzene rings is 1. The van der Waals surface area contributed by atoms with Gasteiger partial charge in [0.15, 0.2) is 0 Å². The average molecular weight is 281 g/mol. The molecule has 2 aromatic rings. The van der Waals surface area contributed by atoms with Crippen molar-refractivity contribution in [2.24, 2.45) is 0 Å². The molecule has 0 saturated carbocycles. The maximum absolute atomic E-state index is 11.5. The lowest BCUT2D eigenvalue weighted by molar-refractivity contribution is -0.117. The standard InChI is InChI=1S/C17H19N3O/c1-2-16(21)20-11-7-13-12-4-3-5-14-17(12)10(8-18-14)6-15(13)19-9-11/h2-5,8,11,13,15,18-19H,1,6-7,9H2,(H,20,21)/t11?,13-,15-/m1/s1. The van der Waals surface area contributed by atoms with E-state index >= 15 is 0 Å². The summed E-state index contributed by atoms with van der Waals surface area (Å²) < 4.78 is 0. The lowest BCUT2D eigenvalue weighted by Gasteiger charge is -2.40. The predicted octanol–water partition coefficient (Wildman–Crippen LogP) is 1.84. The fourth-order valence-electron chi connectivity index (χ4n) is 3.91. The van der Waals surface area contributed by atoms with Crippen LogP contribution in [-0.4, -0.2) is 29.5 Å². The van der Waals surface area contributed by atoms with E-state index in [0.29, 0.717) is 12.0 Å². The van der Waals surface area contributed by atoms with E-state index in [1.807, 2.05) is 0 Å². The van der Waals surface area contributed by atoms with Crippen LogP contribution < -0.4 is 10.6 Å². The second-order valence-electron chi connectivity index (χ2n) is 6.05. The van der Waals surface area contributed by atoms with Gasteiger partial charge >= 0.3 is 0 Å². The number of nitrogens with one attached hydrogen (secondary N) is 3. The molecule has 1 aliphatic heterocycles. The maximum Gasteiger partial charge on any atom is 0.243 e. The molecule has 1 amide bonds. The molecule has 0 spiro atoms. The summed E-state index contributed by atoms with van der Waals surface area (Å²) in [4.78, 5) is 14.9. The highest BCUT2D eigenvalue weighted by atomic mass is 16.1. The van der Waals surface area contributed by atoms with Crippen LogP contribution in [0.25, 0.3) is 10.9 Å². The normalized spacial score (nSPS) is 27.1. The number of carbonyl (C=O) groups excluding carboxylic acids is 1. The van der Waals surface area contributed by atoms with Crippen LogP contribution in [0.4, 0.5) is 0 Å². The zero-order valence-corrected chi connectivity index (χ0v) is 11.9. The molecule has 1 unspecified atom stereocenters. The Labute approximate surface area is 123 Å². The summed E-state index contributed by atoms with van der Waals surface area (Å²) in [6.07, 6.45) is 5.53. The summed E-state index contributed by atoms with van der Waals surface area (Å²) in [7, 11) is 0. The first-order valence-corrected chi connectivity index (χ1v) is 7.51. The van der Waals surface area contributed by atoms with Crippen molar-refractivity contribution >= 4 is 16.8 Å². The van der Waals surface area contributed by atoms with Crippen LogP contribution in [0.5, 0.6) is 0 Å². The fraction of sp³-hybridized carbons (Fsp3) is 0.353. The highest BCUT2D eigenvalue weighted by molar-refractivity contribution is 5.89. The number of rotatable bonds is 2. The van der Waals surface area contributed by atoms with E-state index in [1.54, 1.807) is 0 Å². The van der Waals surface area contributed by atoms with Crippen LogP contribution in [0.1, 0.15) is 23.5 Å². The molecule has 1 aromatic heterocycles. The van der Waals surface area contributed by atoms with E-state index in [-0.39, 0.29) is 11.9 Å². The molecule has 1 aliphatic carbocycles. The van der Waals surface area contributed by atoms with Gasteiger partial charge < -0.3 is 15.6 Å². The Morgan fingerprint density at radius 3 is 3.19 bits per heavy atom. The molecule has 1 aromatic carbocycles. The van der Waals surface area contributed by atoms with E-state index in [1.165, 1.54) is 28.1 Å². The van der Waals surface area contributed by atoms with E-state index < -0.39 is 0 Å². The molecule has 4 nitrogen and oxygen atoms in total. The lowest BCUT2D eigenvalue weighted by Crippen LogP contribution is -2.54. The minimum absolute atomic E-state index is 0.0865. The Hall–Kier alpha value is -2.07. The van der Waals surface area contributed by atoms with Gasteiger partial charge in [-0.3, -0.25) is 4.79 Å². The van der Waals surface area contributed by atoms with Crippen molar-refractivity contribution in [2.75, 3.05) is 6.54 Å². The molecule has 4 rings (SSSR count). The molecule has 4 heteroatoms. The number of H-pyrrole nitrogens is 1. The third kappa shape index (κ3) is 1.98. The van der Waals surface area contributed by atoms with Gasteiger partial charge in [0.1, 0.15) is 0 Å². The molecule has 1 fully saturated rings. The quantitative estimate of drug-likeness (QED) is 0.736. The van der Waals surface area contributed by atoms with E-state index in [2.05, 4.69) is 46.6 Å². The molecule has 1 saturated heterocycles. The third-order valence-electron chi connectivity index (χ3n) is 4.84. The number of aromatic amines is 1. The van der Waals surface area contributed by atoms with E-state index in [9.17, 15) is 4.79 Å². The molecule has 108 valence electrons.